The number of nitrogens with one attached hydrogen (secondary N) is 1. The van der Waals surface area contributed by atoms with Crippen molar-refractivity contribution < 1.29 is 66.7 Å². The fraction of sp³-hybridized carbons (Fsp3) is 0.414. The minimum absolute atomic E-state index is 0.0167. The SMILES string of the molecule is COc1cccc2c1C(=O)c1c(O)c3c(c(O)c1C2=O)C[C@@](O)(C(C)=O)C[C@@H]3OC1CC(NC(=O)C(F)(F)F)C(=O)C(C)O1. The summed E-state index contributed by atoms with van der Waals surface area (Å²) in [5, 5.41) is 35.7. The van der Waals surface area contributed by atoms with Crippen molar-refractivity contribution in [1.82, 2.24) is 5.32 Å². The molecule has 2 aromatic rings. The second-order valence-electron chi connectivity index (χ2n) is 10.8. The van der Waals surface area contributed by atoms with Gasteiger partial charge in [0.1, 0.15) is 29.0 Å². The molecule has 12 nitrogen and oxygen atoms in total. The highest BCUT2D eigenvalue weighted by Gasteiger charge is 2.50. The number of ketones is 4. The number of aliphatic hydroxyl groups is 1. The van der Waals surface area contributed by atoms with Gasteiger partial charge in [0.25, 0.3) is 0 Å². The van der Waals surface area contributed by atoms with Crippen molar-refractivity contribution in [3.05, 3.63) is 51.6 Å². The number of phenolic OH excluding ortho intramolecular Hbond substituents is 2. The molecule has 234 valence electrons. The van der Waals surface area contributed by atoms with E-state index in [0.29, 0.717) is 0 Å². The molecule has 1 fully saturated rings. The number of carbonyl (C=O) groups is 5. The maximum atomic E-state index is 13.7. The maximum absolute atomic E-state index is 13.7. The summed E-state index contributed by atoms with van der Waals surface area (Å²) in [5.41, 5.74) is -4.25. The molecule has 4 N–H and O–H groups in total. The first-order valence-electron chi connectivity index (χ1n) is 13.3. The van der Waals surface area contributed by atoms with Crippen LogP contribution in [0.15, 0.2) is 18.2 Å². The third-order valence-electron chi connectivity index (χ3n) is 8.14. The van der Waals surface area contributed by atoms with Crippen molar-refractivity contribution in [3.8, 4) is 17.2 Å². The molecule has 3 unspecified atom stereocenters. The summed E-state index contributed by atoms with van der Waals surface area (Å²) >= 11 is 0. The summed E-state index contributed by atoms with van der Waals surface area (Å²) in [6, 6.07) is 2.49. The highest BCUT2D eigenvalue weighted by atomic mass is 19.4. The zero-order chi connectivity index (χ0) is 32.5. The van der Waals surface area contributed by atoms with Gasteiger partial charge in [-0.3, -0.25) is 24.0 Å². The Hall–Kier alpha value is -4.34. The van der Waals surface area contributed by atoms with E-state index in [9.17, 15) is 52.5 Å². The van der Waals surface area contributed by atoms with Crippen LogP contribution in [0, 0.1) is 0 Å². The van der Waals surface area contributed by atoms with E-state index in [2.05, 4.69) is 0 Å². The Morgan fingerprint density at radius 1 is 1.07 bits per heavy atom. The third kappa shape index (κ3) is 4.90. The number of carbonyl (C=O) groups excluding carboxylic acids is 5. The predicted octanol–water partition coefficient (Wildman–Crippen LogP) is 1.96. The molecule has 5 rings (SSSR count). The lowest BCUT2D eigenvalue weighted by Gasteiger charge is -2.41. The molecule has 0 saturated carbocycles. The molecule has 1 heterocycles. The second kappa shape index (κ2) is 10.7. The first kappa shape index (κ1) is 31.1. The number of methoxy groups -OCH3 is 1. The Morgan fingerprint density at radius 3 is 2.34 bits per heavy atom. The van der Waals surface area contributed by atoms with Crippen molar-refractivity contribution in [2.24, 2.45) is 0 Å². The normalized spacial score (nSPS) is 26.4. The first-order chi connectivity index (χ1) is 20.5. The molecule has 2 aliphatic carbocycles. The van der Waals surface area contributed by atoms with Gasteiger partial charge in [0.2, 0.25) is 5.78 Å². The van der Waals surface area contributed by atoms with Gasteiger partial charge in [-0.25, -0.2) is 0 Å². The fourth-order valence-electron chi connectivity index (χ4n) is 5.89. The number of fused-ring (bicyclic) bond motifs is 3. The molecule has 0 aromatic heterocycles. The zero-order valence-electron chi connectivity index (χ0n) is 23.4. The van der Waals surface area contributed by atoms with Crippen LogP contribution in [-0.2, 0) is 30.3 Å². The number of aromatic hydroxyl groups is 2. The molecule has 5 atom stereocenters. The Bertz CT molecular complexity index is 1640. The number of amides is 1. The van der Waals surface area contributed by atoms with Gasteiger partial charge in [0.05, 0.1) is 35.9 Å². The van der Waals surface area contributed by atoms with Gasteiger partial charge >= 0.3 is 12.1 Å². The van der Waals surface area contributed by atoms with Crippen LogP contribution in [0.3, 0.4) is 0 Å². The van der Waals surface area contributed by atoms with E-state index >= 15 is 0 Å². The maximum Gasteiger partial charge on any atom is 0.471 e. The molecular formula is C29H26F3NO11. The van der Waals surface area contributed by atoms with Gasteiger partial charge in [0.15, 0.2) is 23.6 Å². The Kier molecular flexibility index (Phi) is 7.55. The van der Waals surface area contributed by atoms with Gasteiger partial charge in [-0.2, -0.15) is 13.2 Å². The van der Waals surface area contributed by atoms with Crippen LogP contribution in [0.4, 0.5) is 13.2 Å². The number of phenols is 2. The molecule has 1 aliphatic heterocycles. The molecule has 44 heavy (non-hydrogen) atoms. The molecule has 0 bridgehead atoms. The molecule has 0 radical (unpaired) electrons. The standard InChI is InChI=1S/C29H26F3NO11/c1-10-22(35)14(33-27(40)29(30,31)32)7-17(43-10)44-16-9-28(41,11(2)34)8-13-19(16)26(39)21-20(24(13)37)23(36)12-5-4-6-15(42-3)18(12)25(21)38/h4-6,10,14,16-17,37,39,41H,7-9H2,1-3H3,(H,33,40)/t10?,14?,16-,17?,28-/m0/s1. The highest BCUT2D eigenvalue weighted by molar-refractivity contribution is 6.31. The van der Waals surface area contributed by atoms with E-state index in [1.807, 2.05) is 0 Å². The lowest BCUT2D eigenvalue weighted by Crippen LogP contribution is -2.55. The highest BCUT2D eigenvalue weighted by Crippen LogP contribution is 2.52. The molecule has 1 amide bonds. The van der Waals surface area contributed by atoms with Gasteiger partial charge in [-0.1, -0.05) is 12.1 Å². The number of Topliss-reactive ketones (excluding diaryl/α,β-unsaturated/α-hetero) is 2. The van der Waals surface area contributed by atoms with Gasteiger partial charge < -0.3 is 34.8 Å². The van der Waals surface area contributed by atoms with Crippen molar-refractivity contribution >= 4 is 29.0 Å². The molecule has 0 spiro atoms. The molecule has 3 aliphatic rings. The van der Waals surface area contributed by atoms with Crippen LogP contribution in [0.25, 0.3) is 0 Å². The zero-order valence-corrected chi connectivity index (χ0v) is 23.4. The number of ether oxygens (including phenoxy) is 3. The fourth-order valence-corrected chi connectivity index (χ4v) is 5.89. The molecule has 2 aromatic carbocycles. The molecular weight excluding hydrogens is 595 g/mol. The summed E-state index contributed by atoms with van der Waals surface area (Å²) in [6.07, 6.45) is -11.6. The predicted molar refractivity (Wildman–Crippen MR) is 139 cm³/mol. The van der Waals surface area contributed by atoms with Crippen molar-refractivity contribution in [2.45, 2.75) is 69.4 Å². The minimum atomic E-state index is -5.29. The average molecular weight is 622 g/mol. The second-order valence-corrected chi connectivity index (χ2v) is 10.8. The van der Waals surface area contributed by atoms with Crippen LogP contribution in [0.2, 0.25) is 0 Å². The van der Waals surface area contributed by atoms with Gasteiger partial charge in [-0.05, 0) is 19.9 Å². The molecule has 1 saturated heterocycles. The number of alkyl halides is 3. The van der Waals surface area contributed by atoms with Crippen LogP contribution < -0.4 is 10.1 Å². The topological polar surface area (TPSA) is 186 Å². The summed E-state index contributed by atoms with van der Waals surface area (Å²) in [5.74, 6) is -7.33. The van der Waals surface area contributed by atoms with Gasteiger partial charge in [-0.15, -0.1) is 0 Å². The summed E-state index contributed by atoms with van der Waals surface area (Å²) in [4.78, 5) is 63.8. The van der Waals surface area contributed by atoms with E-state index in [1.165, 1.54) is 32.2 Å². The van der Waals surface area contributed by atoms with E-state index in [-0.39, 0.29) is 28.0 Å². The first-order valence-corrected chi connectivity index (χ1v) is 13.3. The van der Waals surface area contributed by atoms with Crippen LogP contribution in [0.1, 0.15) is 75.8 Å². The summed E-state index contributed by atoms with van der Waals surface area (Å²) in [7, 11) is 1.26. The summed E-state index contributed by atoms with van der Waals surface area (Å²) < 4.78 is 55.3. The van der Waals surface area contributed by atoms with E-state index < -0.39 is 107 Å². The van der Waals surface area contributed by atoms with E-state index in [4.69, 9.17) is 14.2 Å². The lowest BCUT2D eigenvalue weighted by molar-refractivity contribution is -0.224. The largest absolute Gasteiger partial charge is 0.507 e. The number of hydrogen-bond acceptors (Lipinski definition) is 11. The number of halogens is 3. The summed E-state index contributed by atoms with van der Waals surface area (Å²) in [6.45, 7) is 2.26. The third-order valence-corrected chi connectivity index (χ3v) is 8.14. The lowest BCUT2D eigenvalue weighted by atomic mass is 9.72. The van der Waals surface area contributed by atoms with Crippen molar-refractivity contribution in [1.29, 1.82) is 0 Å². The Morgan fingerprint density at radius 2 is 1.73 bits per heavy atom. The number of hydrogen-bond donors (Lipinski definition) is 4. The Labute approximate surface area is 246 Å². The number of benzene rings is 2. The molecule has 15 heteroatoms. The van der Waals surface area contributed by atoms with Crippen molar-refractivity contribution in [2.75, 3.05) is 7.11 Å². The number of rotatable bonds is 5. The van der Waals surface area contributed by atoms with E-state index in [0.717, 1.165) is 6.92 Å². The smallest absolute Gasteiger partial charge is 0.471 e. The van der Waals surface area contributed by atoms with Crippen LogP contribution in [-0.4, -0.2) is 81.7 Å². The van der Waals surface area contributed by atoms with E-state index in [1.54, 1.807) is 5.32 Å². The van der Waals surface area contributed by atoms with Crippen LogP contribution >= 0.6 is 0 Å². The van der Waals surface area contributed by atoms with Crippen LogP contribution in [0.5, 0.6) is 17.2 Å². The minimum Gasteiger partial charge on any atom is -0.507 e. The Balaban J connectivity index is 1.60. The monoisotopic (exact) mass is 621 g/mol. The quantitative estimate of drug-likeness (QED) is 0.305. The van der Waals surface area contributed by atoms with Crippen molar-refractivity contribution in [3.63, 3.8) is 0 Å². The average Bonchev–Trinajstić information content (AvgIpc) is 2.94. The van der Waals surface area contributed by atoms with Gasteiger partial charge in [0, 0.05) is 36.0 Å².